The van der Waals surface area contributed by atoms with Crippen molar-refractivity contribution in [2.45, 2.75) is 19.6 Å². The normalized spacial score (nSPS) is 11.4. The molecule has 1 rings (SSSR count). The number of hydrogen-bond donors (Lipinski definition) is 1. The number of carbonyl (C=O) groups is 1. The van der Waals surface area contributed by atoms with E-state index in [1.807, 2.05) is 0 Å². The summed E-state index contributed by atoms with van der Waals surface area (Å²) in [5.41, 5.74) is 1.32. The topological polar surface area (TPSA) is 40.5 Å². The highest BCUT2D eigenvalue weighted by molar-refractivity contribution is 7.98. The van der Waals surface area contributed by atoms with E-state index in [2.05, 4.69) is 18.7 Å². The van der Waals surface area contributed by atoms with Crippen LogP contribution in [0.15, 0.2) is 24.3 Å². The molecule has 1 N–H and O–H groups in total. The molecule has 0 atom stereocenters. The second-order valence-corrected chi connectivity index (χ2v) is 5.71. The van der Waals surface area contributed by atoms with Gasteiger partial charge in [-0.25, -0.2) is 9.18 Å². The van der Waals surface area contributed by atoms with Crippen LogP contribution in [-0.4, -0.2) is 41.4 Å². The average molecular weight is 311 g/mol. The minimum Gasteiger partial charge on any atom is -0.478 e. The monoisotopic (exact) mass is 311 g/mol. The Morgan fingerprint density at radius 2 is 2.10 bits per heavy atom. The van der Waals surface area contributed by atoms with Crippen molar-refractivity contribution in [3.05, 3.63) is 41.2 Å². The Bertz CT molecular complexity index is 487. The Kier molecular flexibility index (Phi) is 8.08. The fourth-order valence-electron chi connectivity index (χ4n) is 1.90. The lowest BCUT2D eigenvalue weighted by atomic mass is 10.1. The lowest BCUT2D eigenvalue weighted by Crippen LogP contribution is -2.25. The third-order valence-electron chi connectivity index (χ3n) is 3.18. The van der Waals surface area contributed by atoms with Crippen molar-refractivity contribution in [3.8, 4) is 0 Å². The van der Waals surface area contributed by atoms with Gasteiger partial charge >= 0.3 is 5.97 Å². The van der Waals surface area contributed by atoms with Crippen LogP contribution in [0.5, 0.6) is 0 Å². The number of hydrogen-bond acceptors (Lipinski definition) is 3. The predicted molar refractivity (Wildman–Crippen MR) is 87.0 cm³/mol. The van der Waals surface area contributed by atoms with Gasteiger partial charge in [-0.15, -0.1) is 0 Å². The zero-order valence-electron chi connectivity index (χ0n) is 12.5. The van der Waals surface area contributed by atoms with Crippen LogP contribution in [0.25, 0.3) is 6.08 Å². The number of rotatable bonds is 9. The second kappa shape index (κ2) is 9.58. The summed E-state index contributed by atoms with van der Waals surface area (Å²) < 4.78 is 13.5. The van der Waals surface area contributed by atoms with Crippen LogP contribution >= 0.6 is 11.8 Å². The molecular weight excluding hydrogens is 289 g/mol. The number of thioether (sulfide) groups is 1. The number of aliphatic carboxylic acids is 1. The second-order valence-electron chi connectivity index (χ2n) is 4.61. The Balaban J connectivity index is 2.52. The van der Waals surface area contributed by atoms with Gasteiger partial charge in [-0.3, -0.25) is 0 Å². The summed E-state index contributed by atoms with van der Waals surface area (Å²) in [5.74, 6) is 0.354. The summed E-state index contributed by atoms with van der Waals surface area (Å²) in [6, 6.07) is 4.85. The van der Waals surface area contributed by atoms with Gasteiger partial charge in [0.05, 0.1) is 0 Å². The molecular formula is C16H22FNO2S. The van der Waals surface area contributed by atoms with Crippen molar-refractivity contribution in [1.82, 2.24) is 4.90 Å². The molecule has 0 amide bonds. The van der Waals surface area contributed by atoms with Crippen LogP contribution in [0.3, 0.4) is 0 Å². The standard InChI is InChI=1S/C16H22FNO2S/c1-3-18(4-2)9-10-21-12-13-5-7-15(17)14(11-13)6-8-16(19)20/h5-8,11H,3-4,9-10,12H2,1-2H3,(H,19,20). The summed E-state index contributed by atoms with van der Waals surface area (Å²) in [6.45, 7) is 7.45. The minimum absolute atomic E-state index is 0.319. The zero-order valence-corrected chi connectivity index (χ0v) is 13.3. The summed E-state index contributed by atoms with van der Waals surface area (Å²) in [4.78, 5) is 12.8. The molecule has 0 aliphatic carbocycles. The van der Waals surface area contributed by atoms with E-state index in [0.29, 0.717) is 5.56 Å². The van der Waals surface area contributed by atoms with Gasteiger partial charge in [0.2, 0.25) is 0 Å². The van der Waals surface area contributed by atoms with Gasteiger partial charge in [0.25, 0.3) is 0 Å². The molecule has 21 heavy (non-hydrogen) atoms. The molecule has 0 radical (unpaired) electrons. The molecule has 0 spiro atoms. The van der Waals surface area contributed by atoms with Crippen molar-refractivity contribution in [2.75, 3.05) is 25.4 Å². The van der Waals surface area contributed by atoms with E-state index in [4.69, 9.17) is 5.11 Å². The van der Waals surface area contributed by atoms with E-state index in [0.717, 1.165) is 42.8 Å². The molecule has 116 valence electrons. The van der Waals surface area contributed by atoms with Crippen LogP contribution in [0, 0.1) is 5.82 Å². The summed E-state index contributed by atoms with van der Waals surface area (Å²) in [7, 11) is 0. The van der Waals surface area contributed by atoms with Crippen molar-refractivity contribution < 1.29 is 14.3 Å². The van der Waals surface area contributed by atoms with Gasteiger partial charge in [-0.05, 0) is 36.9 Å². The zero-order chi connectivity index (χ0) is 15.7. The molecule has 0 unspecified atom stereocenters. The van der Waals surface area contributed by atoms with E-state index in [1.54, 1.807) is 23.9 Å². The van der Waals surface area contributed by atoms with Crippen LogP contribution < -0.4 is 0 Å². The highest BCUT2D eigenvalue weighted by Crippen LogP contribution is 2.17. The number of nitrogens with zero attached hydrogens (tertiary/aromatic N) is 1. The van der Waals surface area contributed by atoms with E-state index in [9.17, 15) is 9.18 Å². The largest absolute Gasteiger partial charge is 0.478 e. The van der Waals surface area contributed by atoms with Crippen LogP contribution in [0.4, 0.5) is 4.39 Å². The molecule has 5 heteroatoms. The van der Waals surface area contributed by atoms with E-state index in [1.165, 1.54) is 12.1 Å². The number of halogens is 1. The maximum atomic E-state index is 13.5. The quantitative estimate of drug-likeness (QED) is 0.560. The molecule has 1 aromatic carbocycles. The summed E-state index contributed by atoms with van der Waals surface area (Å²) >= 11 is 1.80. The maximum absolute atomic E-state index is 13.5. The first-order valence-electron chi connectivity index (χ1n) is 7.06. The van der Waals surface area contributed by atoms with Gasteiger partial charge in [0, 0.05) is 29.7 Å². The molecule has 3 nitrogen and oxygen atoms in total. The van der Waals surface area contributed by atoms with Gasteiger partial charge in [-0.2, -0.15) is 11.8 Å². The molecule has 0 bridgehead atoms. The van der Waals surface area contributed by atoms with E-state index < -0.39 is 11.8 Å². The first-order chi connectivity index (χ1) is 10.1. The van der Waals surface area contributed by atoms with Crippen molar-refractivity contribution in [1.29, 1.82) is 0 Å². The third-order valence-corrected chi connectivity index (χ3v) is 4.19. The highest BCUT2D eigenvalue weighted by atomic mass is 32.2. The average Bonchev–Trinajstić information content (AvgIpc) is 2.47. The first-order valence-corrected chi connectivity index (χ1v) is 8.21. The van der Waals surface area contributed by atoms with E-state index in [-0.39, 0.29) is 0 Å². The third kappa shape index (κ3) is 6.78. The van der Waals surface area contributed by atoms with Gasteiger partial charge in [0.15, 0.2) is 0 Å². The lowest BCUT2D eigenvalue weighted by molar-refractivity contribution is -0.131. The Labute approximate surface area is 129 Å². The lowest BCUT2D eigenvalue weighted by Gasteiger charge is -2.17. The fraction of sp³-hybridized carbons (Fsp3) is 0.438. The molecule has 0 aromatic heterocycles. The molecule has 0 aliphatic rings. The SMILES string of the molecule is CCN(CC)CCSCc1ccc(F)c(C=CC(=O)O)c1. The highest BCUT2D eigenvalue weighted by Gasteiger charge is 2.03. The first kappa shape index (κ1) is 17.7. The molecule has 0 saturated heterocycles. The summed E-state index contributed by atoms with van der Waals surface area (Å²) in [6.07, 6.45) is 2.25. The van der Waals surface area contributed by atoms with Gasteiger partial charge in [-0.1, -0.05) is 19.9 Å². The maximum Gasteiger partial charge on any atom is 0.328 e. The minimum atomic E-state index is -1.08. The molecule has 0 heterocycles. The Morgan fingerprint density at radius 1 is 1.38 bits per heavy atom. The van der Waals surface area contributed by atoms with Gasteiger partial charge in [0.1, 0.15) is 5.82 Å². The van der Waals surface area contributed by atoms with Crippen LogP contribution in [0.1, 0.15) is 25.0 Å². The summed E-state index contributed by atoms with van der Waals surface area (Å²) in [5, 5.41) is 8.59. The smallest absolute Gasteiger partial charge is 0.328 e. The Hall–Kier alpha value is -1.33. The number of carboxylic acid groups (broad SMARTS) is 1. The molecule has 0 aliphatic heterocycles. The number of benzene rings is 1. The van der Waals surface area contributed by atoms with Crippen molar-refractivity contribution >= 4 is 23.8 Å². The van der Waals surface area contributed by atoms with Crippen LogP contribution in [0.2, 0.25) is 0 Å². The Morgan fingerprint density at radius 3 is 2.71 bits per heavy atom. The molecule has 0 saturated carbocycles. The van der Waals surface area contributed by atoms with Gasteiger partial charge < -0.3 is 10.0 Å². The van der Waals surface area contributed by atoms with Crippen molar-refractivity contribution in [2.24, 2.45) is 0 Å². The van der Waals surface area contributed by atoms with Crippen LogP contribution in [-0.2, 0) is 10.5 Å². The van der Waals surface area contributed by atoms with Crippen molar-refractivity contribution in [3.63, 3.8) is 0 Å². The molecule has 0 fully saturated rings. The fourth-order valence-corrected chi connectivity index (χ4v) is 2.84. The predicted octanol–water partition coefficient (Wildman–Crippen LogP) is 3.50. The molecule has 1 aromatic rings. The van der Waals surface area contributed by atoms with E-state index >= 15 is 0 Å². The number of carboxylic acids is 1.